The molecule has 0 bridgehead atoms. The molecule has 0 saturated heterocycles. The average Bonchev–Trinajstić information content (AvgIpc) is 2.80. The van der Waals surface area contributed by atoms with E-state index in [-0.39, 0.29) is 18.1 Å². The number of rotatable bonds is 3. The first kappa shape index (κ1) is 14.1. The molecule has 1 amide bonds. The van der Waals surface area contributed by atoms with Crippen molar-refractivity contribution in [2.75, 3.05) is 7.05 Å². The van der Waals surface area contributed by atoms with Crippen LogP contribution in [0.2, 0.25) is 0 Å². The Hall–Kier alpha value is -2.87. The number of carbonyl (C=O) groups is 1. The number of halogens is 1. The van der Waals surface area contributed by atoms with E-state index in [0.29, 0.717) is 23.4 Å². The van der Waals surface area contributed by atoms with Gasteiger partial charge in [-0.05, 0) is 35.9 Å². The third-order valence-corrected chi connectivity index (χ3v) is 3.64. The molecule has 110 valence electrons. The summed E-state index contributed by atoms with van der Waals surface area (Å²) in [5, 5.41) is 8.71. The second-order valence-electron chi connectivity index (χ2n) is 5.19. The zero-order valence-corrected chi connectivity index (χ0v) is 12.0. The fourth-order valence-electron chi connectivity index (χ4n) is 2.43. The van der Waals surface area contributed by atoms with Crippen LogP contribution in [0.3, 0.4) is 0 Å². The van der Waals surface area contributed by atoms with Crippen molar-refractivity contribution in [2.24, 2.45) is 0 Å². The van der Waals surface area contributed by atoms with Crippen molar-refractivity contribution in [1.29, 1.82) is 5.26 Å². The summed E-state index contributed by atoms with van der Waals surface area (Å²) < 4.78 is 19.4. The second kappa shape index (κ2) is 5.49. The van der Waals surface area contributed by atoms with Gasteiger partial charge in [-0.15, -0.1) is 0 Å². The zero-order chi connectivity index (χ0) is 15.7. The van der Waals surface area contributed by atoms with Crippen molar-refractivity contribution in [3.05, 3.63) is 64.5 Å². The maximum Gasteiger partial charge on any atom is 0.254 e. The Morgan fingerprint density at radius 3 is 2.86 bits per heavy atom. The maximum absolute atomic E-state index is 13.8. The molecule has 5 heteroatoms. The molecule has 0 unspecified atom stereocenters. The Morgan fingerprint density at radius 1 is 1.32 bits per heavy atom. The van der Waals surface area contributed by atoms with E-state index < -0.39 is 5.82 Å². The predicted molar refractivity (Wildman–Crippen MR) is 77.7 cm³/mol. The molecular weight excluding hydrogens is 283 g/mol. The van der Waals surface area contributed by atoms with E-state index in [9.17, 15) is 9.18 Å². The summed E-state index contributed by atoms with van der Waals surface area (Å²) in [6.07, 6.45) is 0. The number of amides is 1. The smallest absolute Gasteiger partial charge is 0.254 e. The van der Waals surface area contributed by atoms with Gasteiger partial charge < -0.3 is 9.64 Å². The molecule has 0 spiro atoms. The Labute approximate surface area is 127 Å². The second-order valence-corrected chi connectivity index (χ2v) is 5.19. The first-order chi connectivity index (χ1) is 10.6. The number of hydrogen-bond acceptors (Lipinski definition) is 3. The number of nitrogens with zero attached hydrogens (tertiary/aromatic N) is 2. The summed E-state index contributed by atoms with van der Waals surface area (Å²) in [5.74, 6) is 0.125. The standard InChI is InChI=1S/C17H13FN2O2/c1-20-9-13-7-14(4-5-15(13)17(20)21)22-10-12-3-2-11(8-19)6-16(12)18/h2-7H,9-10H2,1H3. The summed E-state index contributed by atoms with van der Waals surface area (Å²) in [6.45, 7) is 0.622. The van der Waals surface area contributed by atoms with Gasteiger partial charge in [-0.3, -0.25) is 4.79 Å². The van der Waals surface area contributed by atoms with Crippen LogP contribution in [0.25, 0.3) is 0 Å². The highest BCUT2D eigenvalue weighted by Gasteiger charge is 2.24. The topological polar surface area (TPSA) is 53.3 Å². The van der Waals surface area contributed by atoms with Crippen molar-refractivity contribution >= 4 is 5.91 Å². The van der Waals surface area contributed by atoms with Crippen LogP contribution in [0, 0.1) is 17.1 Å². The summed E-state index contributed by atoms with van der Waals surface area (Å²) in [5.41, 5.74) is 2.25. The van der Waals surface area contributed by atoms with E-state index >= 15 is 0 Å². The fraction of sp³-hybridized carbons (Fsp3) is 0.176. The third kappa shape index (κ3) is 2.51. The number of carbonyl (C=O) groups excluding carboxylic acids is 1. The lowest BCUT2D eigenvalue weighted by molar-refractivity contribution is 0.0816. The minimum absolute atomic E-state index is 0.000290. The molecule has 0 aliphatic carbocycles. The molecule has 0 fully saturated rings. The number of ether oxygens (including phenoxy) is 1. The van der Waals surface area contributed by atoms with E-state index in [0.717, 1.165) is 5.56 Å². The zero-order valence-electron chi connectivity index (χ0n) is 12.0. The third-order valence-electron chi connectivity index (χ3n) is 3.64. The lowest BCUT2D eigenvalue weighted by atomic mass is 10.1. The van der Waals surface area contributed by atoms with E-state index in [2.05, 4.69) is 0 Å². The summed E-state index contributed by atoms with van der Waals surface area (Å²) in [4.78, 5) is 13.4. The monoisotopic (exact) mass is 296 g/mol. The van der Waals surface area contributed by atoms with Gasteiger partial charge in [0.15, 0.2) is 0 Å². The van der Waals surface area contributed by atoms with Crippen LogP contribution in [-0.2, 0) is 13.2 Å². The molecule has 1 aliphatic heterocycles. The molecule has 0 atom stereocenters. The van der Waals surface area contributed by atoms with E-state index in [1.165, 1.54) is 6.07 Å². The van der Waals surface area contributed by atoms with Crippen molar-refractivity contribution < 1.29 is 13.9 Å². The van der Waals surface area contributed by atoms with Crippen LogP contribution in [0.4, 0.5) is 4.39 Å². The maximum atomic E-state index is 13.8. The van der Waals surface area contributed by atoms with Crippen LogP contribution in [-0.4, -0.2) is 17.9 Å². The van der Waals surface area contributed by atoms with Gasteiger partial charge in [-0.25, -0.2) is 4.39 Å². The van der Waals surface area contributed by atoms with Gasteiger partial charge in [0.2, 0.25) is 0 Å². The number of hydrogen-bond donors (Lipinski definition) is 0. The SMILES string of the molecule is CN1Cc2cc(OCc3ccc(C#N)cc3F)ccc2C1=O. The van der Waals surface area contributed by atoms with Crippen LogP contribution in [0.15, 0.2) is 36.4 Å². The first-order valence-corrected chi connectivity index (χ1v) is 6.78. The van der Waals surface area contributed by atoms with Gasteiger partial charge >= 0.3 is 0 Å². The molecule has 2 aromatic rings. The number of nitriles is 1. The van der Waals surface area contributed by atoms with Gasteiger partial charge in [0, 0.05) is 24.7 Å². The Morgan fingerprint density at radius 2 is 2.14 bits per heavy atom. The molecule has 0 saturated carbocycles. The van der Waals surface area contributed by atoms with Gasteiger partial charge in [0.1, 0.15) is 18.2 Å². The molecular formula is C17H13FN2O2. The van der Waals surface area contributed by atoms with Gasteiger partial charge in [-0.2, -0.15) is 5.26 Å². The number of fused-ring (bicyclic) bond motifs is 1. The largest absolute Gasteiger partial charge is 0.489 e. The van der Waals surface area contributed by atoms with Crippen molar-refractivity contribution in [3.63, 3.8) is 0 Å². The fourth-order valence-corrected chi connectivity index (χ4v) is 2.43. The van der Waals surface area contributed by atoms with E-state index in [1.54, 1.807) is 42.3 Å². The minimum Gasteiger partial charge on any atom is -0.489 e. The molecule has 0 N–H and O–H groups in total. The van der Waals surface area contributed by atoms with Crippen LogP contribution in [0.1, 0.15) is 27.0 Å². The molecule has 4 nitrogen and oxygen atoms in total. The molecule has 0 aromatic heterocycles. The van der Waals surface area contributed by atoms with Gasteiger partial charge in [0.25, 0.3) is 5.91 Å². The summed E-state index contributed by atoms with van der Waals surface area (Å²) in [6, 6.07) is 11.4. The quantitative estimate of drug-likeness (QED) is 0.875. The predicted octanol–water partition coefficient (Wildman–Crippen LogP) is 2.86. The van der Waals surface area contributed by atoms with E-state index in [1.807, 2.05) is 6.07 Å². The Bertz CT molecular complexity index is 796. The normalized spacial score (nSPS) is 13.0. The lowest BCUT2D eigenvalue weighted by Crippen LogP contribution is -2.17. The first-order valence-electron chi connectivity index (χ1n) is 6.78. The summed E-state index contributed by atoms with van der Waals surface area (Å²) in [7, 11) is 1.75. The van der Waals surface area contributed by atoms with Crippen LogP contribution >= 0.6 is 0 Å². The Balaban J connectivity index is 1.74. The lowest BCUT2D eigenvalue weighted by Gasteiger charge is -2.08. The van der Waals surface area contributed by atoms with Crippen LogP contribution in [0.5, 0.6) is 5.75 Å². The minimum atomic E-state index is -0.463. The molecule has 3 rings (SSSR count). The highest BCUT2D eigenvalue weighted by atomic mass is 19.1. The highest BCUT2D eigenvalue weighted by Crippen LogP contribution is 2.26. The van der Waals surface area contributed by atoms with Gasteiger partial charge in [-0.1, -0.05) is 6.07 Å². The van der Waals surface area contributed by atoms with Crippen molar-refractivity contribution in [3.8, 4) is 11.8 Å². The average molecular weight is 296 g/mol. The molecule has 1 aliphatic rings. The van der Waals surface area contributed by atoms with Gasteiger partial charge in [0.05, 0.1) is 11.6 Å². The van der Waals surface area contributed by atoms with Crippen LogP contribution < -0.4 is 4.74 Å². The molecule has 2 aromatic carbocycles. The molecule has 1 heterocycles. The summed E-state index contributed by atoms with van der Waals surface area (Å²) >= 11 is 0. The number of benzene rings is 2. The highest BCUT2D eigenvalue weighted by molar-refractivity contribution is 5.98. The van der Waals surface area contributed by atoms with E-state index in [4.69, 9.17) is 10.00 Å². The molecule has 22 heavy (non-hydrogen) atoms. The molecule has 0 radical (unpaired) electrons. The Kier molecular flexibility index (Phi) is 3.51. The van der Waals surface area contributed by atoms with Crippen molar-refractivity contribution in [1.82, 2.24) is 4.90 Å². The van der Waals surface area contributed by atoms with Crippen molar-refractivity contribution in [2.45, 2.75) is 13.2 Å².